The van der Waals surface area contributed by atoms with Gasteiger partial charge in [0.1, 0.15) is 6.10 Å². The highest BCUT2D eigenvalue weighted by molar-refractivity contribution is 5.74. The summed E-state index contributed by atoms with van der Waals surface area (Å²) in [5.41, 5.74) is 0.901. The van der Waals surface area contributed by atoms with Crippen molar-refractivity contribution in [3.63, 3.8) is 0 Å². The maximum absolute atomic E-state index is 12.1. The molecule has 24 heavy (non-hydrogen) atoms. The zero-order valence-corrected chi connectivity index (χ0v) is 14.0. The van der Waals surface area contributed by atoms with Crippen molar-refractivity contribution in [3.8, 4) is 5.88 Å². The first-order chi connectivity index (χ1) is 11.7. The molecule has 2 aliphatic rings. The third-order valence-electron chi connectivity index (χ3n) is 4.90. The molecule has 6 heteroatoms. The molecule has 2 fully saturated rings. The van der Waals surface area contributed by atoms with E-state index in [1.54, 1.807) is 6.20 Å². The van der Waals surface area contributed by atoms with Gasteiger partial charge in [-0.2, -0.15) is 0 Å². The summed E-state index contributed by atoms with van der Waals surface area (Å²) < 4.78 is 5.99. The second-order valence-corrected chi connectivity index (χ2v) is 6.82. The topological polar surface area (TPSA) is 83.5 Å². The molecule has 1 aromatic heterocycles. The first kappa shape index (κ1) is 17.0. The summed E-state index contributed by atoms with van der Waals surface area (Å²) in [6.07, 6.45) is 9.52. The van der Waals surface area contributed by atoms with Crippen LogP contribution in [-0.2, 0) is 6.54 Å². The Labute approximate surface area is 143 Å². The Morgan fingerprint density at radius 2 is 1.96 bits per heavy atom. The summed E-state index contributed by atoms with van der Waals surface area (Å²) in [5.74, 6) is 0.630. The Balaban J connectivity index is 1.48. The number of rotatable bonds is 5. The SMILES string of the molecule is O=C(NCc1cccnc1OC1CCCC1)NC1CCC(O)CC1. The number of urea groups is 1. The zero-order chi connectivity index (χ0) is 16.8. The number of aromatic nitrogens is 1. The van der Waals surface area contributed by atoms with Crippen LogP contribution in [0, 0.1) is 0 Å². The van der Waals surface area contributed by atoms with E-state index in [0.717, 1.165) is 44.1 Å². The van der Waals surface area contributed by atoms with Crippen molar-refractivity contribution in [2.75, 3.05) is 0 Å². The minimum Gasteiger partial charge on any atom is -0.474 e. The number of aliphatic hydroxyl groups excluding tert-OH is 1. The lowest BCUT2D eigenvalue weighted by Gasteiger charge is -2.26. The highest BCUT2D eigenvalue weighted by Gasteiger charge is 2.21. The van der Waals surface area contributed by atoms with Gasteiger partial charge < -0.3 is 20.5 Å². The summed E-state index contributed by atoms with van der Waals surface area (Å²) in [6, 6.07) is 3.77. The average Bonchev–Trinajstić information content (AvgIpc) is 3.09. The van der Waals surface area contributed by atoms with Gasteiger partial charge in [-0.05, 0) is 57.4 Å². The number of aliphatic hydroxyl groups is 1. The number of carbonyl (C=O) groups is 1. The Bertz CT molecular complexity index is 538. The predicted octanol–water partition coefficient (Wildman–Crippen LogP) is 2.51. The number of amides is 2. The molecule has 2 aliphatic carbocycles. The van der Waals surface area contributed by atoms with Crippen LogP contribution < -0.4 is 15.4 Å². The molecule has 3 N–H and O–H groups in total. The van der Waals surface area contributed by atoms with Crippen LogP contribution in [0.25, 0.3) is 0 Å². The number of nitrogens with one attached hydrogen (secondary N) is 2. The monoisotopic (exact) mass is 333 g/mol. The largest absolute Gasteiger partial charge is 0.474 e. The lowest BCUT2D eigenvalue weighted by atomic mass is 9.93. The van der Waals surface area contributed by atoms with Gasteiger partial charge in [0.05, 0.1) is 6.10 Å². The Morgan fingerprint density at radius 1 is 1.21 bits per heavy atom. The minimum absolute atomic E-state index is 0.150. The summed E-state index contributed by atoms with van der Waals surface area (Å²) >= 11 is 0. The van der Waals surface area contributed by atoms with Crippen molar-refractivity contribution >= 4 is 6.03 Å². The van der Waals surface area contributed by atoms with E-state index >= 15 is 0 Å². The van der Waals surface area contributed by atoms with E-state index in [2.05, 4.69) is 15.6 Å². The van der Waals surface area contributed by atoms with E-state index in [0.29, 0.717) is 12.4 Å². The lowest BCUT2D eigenvalue weighted by molar-refractivity contribution is 0.117. The molecule has 1 heterocycles. The zero-order valence-electron chi connectivity index (χ0n) is 14.0. The molecule has 2 amide bonds. The fourth-order valence-electron chi connectivity index (χ4n) is 3.46. The van der Waals surface area contributed by atoms with Crippen molar-refractivity contribution in [1.82, 2.24) is 15.6 Å². The van der Waals surface area contributed by atoms with Gasteiger partial charge in [0.2, 0.25) is 5.88 Å². The quantitative estimate of drug-likeness (QED) is 0.773. The lowest BCUT2D eigenvalue weighted by Crippen LogP contribution is -2.43. The van der Waals surface area contributed by atoms with Gasteiger partial charge >= 0.3 is 6.03 Å². The van der Waals surface area contributed by atoms with Gasteiger partial charge in [0.25, 0.3) is 0 Å². The number of hydrogen-bond acceptors (Lipinski definition) is 4. The molecule has 0 radical (unpaired) electrons. The molecule has 0 bridgehead atoms. The maximum Gasteiger partial charge on any atom is 0.315 e. The molecule has 3 rings (SSSR count). The van der Waals surface area contributed by atoms with E-state index in [-0.39, 0.29) is 24.3 Å². The molecule has 1 aromatic rings. The third-order valence-corrected chi connectivity index (χ3v) is 4.90. The smallest absolute Gasteiger partial charge is 0.315 e. The number of carbonyl (C=O) groups excluding carboxylic acids is 1. The van der Waals surface area contributed by atoms with Gasteiger partial charge in [-0.3, -0.25) is 0 Å². The molecular formula is C18H27N3O3. The van der Waals surface area contributed by atoms with Crippen molar-refractivity contribution in [3.05, 3.63) is 23.9 Å². The molecule has 0 saturated heterocycles. The van der Waals surface area contributed by atoms with Crippen molar-refractivity contribution in [1.29, 1.82) is 0 Å². The van der Waals surface area contributed by atoms with Crippen LogP contribution in [0.4, 0.5) is 4.79 Å². The van der Waals surface area contributed by atoms with Crippen LogP contribution in [0.2, 0.25) is 0 Å². The van der Waals surface area contributed by atoms with E-state index in [1.165, 1.54) is 12.8 Å². The summed E-state index contributed by atoms with van der Waals surface area (Å²) in [6.45, 7) is 0.400. The molecule has 132 valence electrons. The van der Waals surface area contributed by atoms with Crippen LogP contribution >= 0.6 is 0 Å². The fourth-order valence-corrected chi connectivity index (χ4v) is 3.46. The number of ether oxygens (including phenoxy) is 1. The molecule has 2 saturated carbocycles. The van der Waals surface area contributed by atoms with Gasteiger partial charge in [-0.25, -0.2) is 9.78 Å². The van der Waals surface area contributed by atoms with Crippen LogP contribution in [-0.4, -0.2) is 34.4 Å². The van der Waals surface area contributed by atoms with Crippen LogP contribution in [0.15, 0.2) is 18.3 Å². The van der Waals surface area contributed by atoms with Gasteiger partial charge in [0.15, 0.2) is 0 Å². The summed E-state index contributed by atoms with van der Waals surface area (Å²) in [5, 5.41) is 15.4. The Kier molecular flexibility index (Phi) is 5.91. The molecular weight excluding hydrogens is 306 g/mol. The maximum atomic E-state index is 12.1. The molecule has 0 aliphatic heterocycles. The third kappa shape index (κ3) is 4.84. The van der Waals surface area contributed by atoms with E-state index < -0.39 is 0 Å². The van der Waals surface area contributed by atoms with E-state index in [1.807, 2.05) is 12.1 Å². The minimum atomic E-state index is -0.211. The normalized spacial score (nSPS) is 24.5. The van der Waals surface area contributed by atoms with Crippen LogP contribution in [0.1, 0.15) is 56.9 Å². The Morgan fingerprint density at radius 3 is 2.71 bits per heavy atom. The number of pyridine rings is 1. The number of hydrogen-bond donors (Lipinski definition) is 3. The number of nitrogens with zero attached hydrogens (tertiary/aromatic N) is 1. The van der Waals surface area contributed by atoms with E-state index in [9.17, 15) is 9.90 Å². The second-order valence-electron chi connectivity index (χ2n) is 6.82. The predicted molar refractivity (Wildman–Crippen MR) is 90.8 cm³/mol. The van der Waals surface area contributed by atoms with Crippen LogP contribution in [0.5, 0.6) is 5.88 Å². The first-order valence-corrected chi connectivity index (χ1v) is 9.03. The molecule has 0 atom stereocenters. The fraction of sp³-hybridized carbons (Fsp3) is 0.667. The van der Waals surface area contributed by atoms with Gasteiger partial charge in [0, 0.05) is 24.3 Å². The van der Waals surface area contributed by atoms with E-state index in [4.69, 9.17) is 4.74 Å². The van der Waals surface area contributed by atoms with Gasteiger partial charge in [-0.1, -0.05) is 6.07 Å². The highest BCUT2D eigenvalue weighted by Crippen LogP contribution is 2.25. The van der Waals surface area contributed by atoms with Crippen molar-refractivity contribution in [2.24, 2.45) is 0 Å². The standard InChI is InChI=1S/C18H27N3O3/c22-15-9-7-14(8-10-15)21-18(23)20-12-13-4-3-11-19-17(13)24-16-5-1-2-6-16/h3-4,11,14-16,22H,1-2,5-10,12H2,(H2,20,21,23). The summed E-state index contributed by atoms with van der Waals surface area (Å²) in [7, 11) is 0. The second kappa shape index (κ2) is 8.33. The van der Waals surface area contributed by atoms with Crippen LogP contribution in [0.3, 0.4) is 0 Å². The molecule has 0 aromatic carbocycles. The Hall–Kier alpha value is -1.82. The molecule has 6 nitrogen and oxygen atoms in total. The van der Waals surface area contributed by atoms with Crippen molar-refractivity contribution in [2.45, 2.75) is 76.2 Å². The highest BCUT2D eigenvalue weighted by atomic mass is 16.5. The first-order valence-electron chi connectivity index (χ1n) is 9.03. The average molecular weight is 333 g/mol. The molecule has 0 unspecified atom stereocenters. The van der Waals surface area contributed by atoms with Crippen molar-refractivity contribution < 1.29 is 14.6 Å². The molecule has 0 spiro atoms. The van der Waals surface area contributed by atoms with Gasteiger partial charge in [-0.15, -0.1) is 0 Å². The summed E-state index contributed by atoms with van der Waals surface area (Å²) in [4.78, 5) is 16.4.